The Morgan fingerprint density at radius 3 is 2.65 bits per heavy atom. The molecule has 0 aromatic heterocycles. The second-order valence-electron chi connectivity index (χ2n) is 4.95. The van der Waals surface area contributed by atoms with Crippen LogP contribution in [0.2, 0.25) is 0 Å². The fourth-order valence-corrected chi connectivity index (χ4v) is 3.13. The van der Waals surface area contributed by atoms with Crippen molar-refractivity contribution in [1.82, 2.24) is 0 Å². The molecule has 1 atom stereocenters. The van der Waals surface area contributed by atoms with Gasteiger partial charge in [0.1, 0.15) is 5.71 Å². The summed E-state index contributed by atoms with van der Waals surface area (Å²) in [6, 6.07) is 7.52. The third-order valence-corrected chi connectivity index (χ3v) is 4.57. The number of anilines is 1. The summed E-state index contributed by atoms with van der Waals surface area (Å²) in [7, 11) is -0.00443. The van der Waals surface area contributed by atoms with Crippen LogP contribution in [0.5, 0.6) is 0 Å². The lowest BCUT2D eigenvalue weighted by Gasteiger charge is -2.38. The SMILES string of the molecule is COC1(OS(=O)(=O)OC)C=CC=C2C1=Nc1ccccc1N2C. The van der Waals surface area contributed by atoms with Gasteiger partial charge in [-0.15, -0.1) is 0 Å². The van der Waals surface area contributed by atoms with Gasteiger partial charge in [-0.1, -0.05) is 18.2 Å². The highest BCUT2D eigenvalue weighted by atomic mass is 32.3. The molecule has 23 heavy (non-hydrogen) atoms. The molecule has 1 heterocycles. The molecule has 1 aliphatic heterocycles. The van der Waals surface area contributed by atoms with Gasteiger partial charge in [0, 0.05) is 14.2 Å². The summed E-state index contributed by atoms with van der Waals surface area (Å²) in [5, 5.41) is 0. The first-order valence-corrected chi connectivity index (χ1v) is 8.14. The third kappa shape index (κ3) is 2.59. The molecule has 8 heteroatoms. The van der Waals surface area contributed by atoms with E-state index in [0.29, 0.717) is 17.1 Å². The Balaban J connectivity index is 2.17. The molecule has 0 amide bonds. The van der Waals surface area contributed by atoms with Gasteiger partial charge in [0.25, 0.3) is 5.79 Å². The molecule has 0 saturated heterocycles. The molecule has 1 aromatic rings. The fourth-order valence-electron chi connectivity index (χ4n) is 2.55. The maximum absolute atomic E-state index is 11.8. The number of aliphatic imine (C=N–C) groups is 1. The summed E-state index contributed by atoms with van der Waals surface area (Å²) in [5.41, 5.74) is 2.61. The molecular formula is C15H16N2O5S. The molecule has 3 rings (SSSR count). The van der Waals surface area contributed by atoms with Crippen molar-refractivity contribution >= 4 is 27.5 Å². The van der Waals surface area contributed by atoms with E-state index in [1.807, 2.05) is 42.3 Å². The zero-order valence-electron chi connectivity index (χ0n) is 12.9. The quantitative estimate of drug-likeness (QED) is 0.782. The number of hydrogen-bond acceptors (Lipinski definition) is 7. The largest absolute Gasteiger partial charge is 0.402 e. The van der Waals surface area contributed by atoms with Crippen molar-refractivity contribution in [1.29, 1.82) is 0 Å². The minimum Gasteiger partial charge on any atom is -0.344 e. The van der Waals surface area contributed by atoms with Gasteiger partial charge in [-0.25, -0.2) is 9.18 Å². The van der Waals surface area contributed by atoms with Gasteiger partial charge >= 0.3 is 10.4 Å². The number of allylic oxidation sites excluding steroid dienone is 2. The van der Waals surface area contributed by atoms with E-state index in [4.69, 9.17) is 8.92 Å². The van der Waals surface area contributed by atoms with E-state index in [0.717, 1.165) is 12.8 Å². The summed E-state index contributed by atoms with van der Waals surface area (Å²) in [5.74, 6) is -1.68. The lowest BCUT2D eigenvalue weighted by atomic mass is 9.98. The minimum atomic E-state index is -4.24. The Hall–Kier alpha value is -2.00. The number of ether oxygens (including phenoxy) is 1. The molecule has 0 N–H and O–H groups in total. The van der Waals surface area contributed by atoms with E-state index in [9.17, 15) is 8.42 Å². The van der Waals surface area contributed by atoms with E-state index >= 15 is 0 Å². The van der Waals surface area contributed by atoms with Gasteiger partial charge in [-0.2, -0.15) is 8.42 Å². The van der Waals surface area contributed by atoms with Gasteiger partial charge in [0.15, 0.2) is 0 Å². The number of methoxy groups -OCH3 is 1. The average Bonchev–Trinajstić information content (AvgIpc) is 2.56. The molecule has 0 bridgehead atoms. The van der Waals surface area contributed by atoms with Crippen LogP contribution in [0.25, 0.3) is 0 Å². The van der Waals surface area contributed by atoms with E-state index < -0.39 is 16.2 Å². The zero-order chi connectivity index (χ0) is 16.7. The van der Waals surface area contributed by atoms with Crippen LogP contribution in [0.4, 0.5) is 11.4 Å². The molecular weight excluding hydrogens is 320 g/mol. The molecule has 0 fully saturated rings. The lowest BCUT2D eigenvalue weighted by Crippen LogP contribution is -2.49. The number of benzene rings is 1. The van der Waals surface area contributed by atoms with Crippen LogP contribution in [-0.2, 0) is 23.5 Å². The van der Waals surface area contributed by atoms with Crippen LogP contribution >= 0.6 is 0 Å². The monoisotopic (exact) mass is 336 g/mol. The number of para-hydroxylation sites is 2. The van der Waals surface area contributed by atoms with E-state index in [1.165, 1.54) is 13.2 Å². The molecule has 2 aliphatic rings. The summed E-state index contributed by atoms with van der Waals surface area (Å²) >= 11 is 0. The summed E-state index contributed by atoms with van der Waals surface area (Å²) in [6.07, 6.45) is 4.95. The normalized spacial score (nSPS) is 23.0. The van der Waals surface area contributed by atoms with Crippen LogP contribution in [-0.4, -0.2) is 41.2 Å². The predicted molar refractivity (Wildman–Crippen MR) is 85.9 cm³/mol. The number of fused-ring (bicyclic) bond motifs is 2. The zero-order valence-corrected chi connectivity index (χ0v) is 13.7. The fraction of sp³-hybridized carbons (Fsp3) is 0.267. The highest BCUT2D eigenvalue weighted by Crippen LogP contribution is 2.40. The van der Waals surface area contributed by atoms with Gasteiger partial charge in [0.05, 0.1) is 24.2 Å². The summed E-state index contributed by atoms with van der Waals surface area (Å²) in [6.45, 7) is 0. The Kier molecular flexibility index (Phi) is 3.85. The van der Waals surface area contributed by atoms with Gasteiger partial charge in [0.2, 0.25) is 0 Å². The van der Waals surface area contributed by atoms with Crippen LogP contribution in [0, 0.1) is 0 Å². The van der Waals surface area contributed by atoms with Crippen molar-refractivity contribution in [2.45, 2.75) is 5.79 Å². The van der Waals surface area contributed by atoms with Crippen molar-refractivity contribution in [3.8, 4) is 0 Å². The Bertz CT molecular complexity index is 828. The smallest absolute Gasteiger partial charge is 0.344 e. The third-order valence-electron chi connectivity index (χ3n) is 3.71. The van der Waals surface area contributed by atoms with E-state index in [1.54, 1.807) is 6.08 Å². The predicted octanol–water partition coefficient (Wildman–Crippen LogP) is 1.91. The van der Waals surface area contributed by atoms with Crippen LogP contribution in [0.15, 0.2) is 53.2 Å². The van der Waals surface area contributed by atoms with Crippen molar-refractivity contribution < 1.29 is 21.5 Å². The molecule has 1 unspecified atom stereocenters. The summed E-state index contributed by atoms with van der Waals surface area (Å²) < 4.78 is 38.5. The van der Waals surface area contributed by atoms with Gasteiger partial charge in [-0.3, -0.25) is 4.18 Å². The second kappa shape index (κ2) is 5.57. The van der Waals surface area contributed by atoms with Gasteiger partial charge in [-0.05, 0) is 24.3 Å². The first-order valence-electron chi connectivity index (χ1n) is 6.80. The second-order valence-corrected chi connectivity index (χ2v) is 6.27. The topological polar surface area (TPSA) is 77.4 Å². The first-order chi connectivity index (χ1) is 10.9. The molecule has 122 valence electrons. The van der Waals surface area contributed by atoms with Crippen LogP contribution in [0.1, 0.15) is 0 Å². The first kappa shape index (κ1) is 15.9. The maximum atomic E-state index is 11.8. The molecule has 1 aliphatic carbocycles. The highest BCUT2D eigenvalue weighted by molar-refractivity contribution is 7.81. The lowest BCUT2D eigenvalue weighted by molar-refractivity contribution is -0.0709. The maximum Gasteiger partial charge on any atom is 0.402 e. The Labute approximate surface area is 134 Å². The van der Waals surface area contributed by atoms with Crippen molar-refractivity contribution in [2.75, 3.05) is 26.2 Å². The number of rotatable bonds is 4. The van der Waals surface area contributed by atoms with E-state index in [-0.39, 0.29) is 0 Å². The standard InChI is InChI=1S/C15H16N2O5S/c1-17-12-8-5-4-7-11(12)16-14-13(17)9-6-10-15(14,20-2)22-23(18,19)21-3/h4-10H,1-3H3. The molecule has 0 radical (unpaired) electrons. The number of nitrogens with zero attached hydrogens (tertiary/aromatic N) is 2. The van der Waals surface area contributed by atoms with Crippen molar-refractivity contribution in [3.63, 3.8) is 0 Å². The van der Waals surface area contributed by atoms with Crippen molar-refractivity contribution in [2.24, 2.45) is 4.99 Å². The highest BCUT2D eigenvalue weighted by Gasteiger charge is 2.45. The van der Waals surface area contributed by atoms with Crippen LogP contribution in [0.3, 0.4) is 0 Å². The van der Waals surface area contributed by atoms with E-state index in [2.05, 4.69) is 9.18 Å². The van der Waals surface area contributed by atoms with Crippen LogP contribution < -0.4 is 4.90 Å². The molecule has 0 spiro atoms. The Morgan fingerprint density at radius 2 is 1.96 bits per heavy atom. The minimum absolute atomic E-state index is 0.337. The Morgan fingerprint density at radius 1 is 1.22 bits per heavy atom. The molecule has 1 aromatic carbocycles. The molecule has 0 saturated carbocycles. The average molecular weight is 336 g/mol. The van der Waals surface area contributed by atoms with Gasteiger partial charge < -0.3 is 9.64 Å². The number of hydrogen-bond donors (Lipinski definition) is 0. The molecule has 7 nitrogen and oxygen atoms in total. The van der Waals surface area contributed by atoms with Crippen molar-refractivity contribution in [3.05, 3.63) is 48.2 Å². The summed E-state index contributed by atoms with van der Waals surface area (Å²) in [4.78, 5) is 6.45.